The van der Waals surface area contributed by atoms with Crippen molar-refractivity contribution in [3.63, 3.8) is 0 Å². The van der Waals surface area contributed by atoms with Gasteiger partial charge in [0.15, 0.2) is 5.82 Å². The van der Waals surface area contributed by atoms with Gasteiger partial charge in [-0.1, -0.05) is 17.7 Å². The molecule has 1 N–H and O–H groups in total. The second-order valence-electron chi connectivity index (χ2n) is 5.58. The average molecular weight is 414 g/mol. The second-order valence-corrected chi connectivity index (χ2v) is 7.67. The van der Waals surface area contributed by atoms with Crippen molar-refractivity contribution in [1.82, 2.24) is 9.78 Å². The molecule has 3 rings (SSSR count). The van der Waals surface area contributed by atoms with Gasteiger partial charge >= 0.3 is 0 Å². The zero-order chi connectivity index (χ0) is 20.3. The highest BCUT2D eigenvalue weighted by atomic mass is 35.5. The Kier molecular flexibility index (Phi) is 5.23. The molecule has 0 atom stereocenters. The smallest absolute Gasteiger partial charge is 0.263 e. The molecule has 8 nitrogen and oxygen atoms in total. The number of nitriles is 1. The number of aryl methyl sites for hydroxylation is 1. The van der Waals surface area contributed by atoms with Gasteiger partial charge < -0.3 is 4.74 Å². The first kappa shape index (κ1) is 19.2. The number of hydrogen-bond acceptors (Lipinski definition) is 5. The molecule has 28 heavy (non-hydrogen) atoms. The first-order valence-corrected chi connectivity index (χ1v) is 9.60. The van der Waals surface area contributed by atoms with Crippen molar-refractivity contribution in [2.75, 3.05) is 4.72 Å². The summed E-state index contributed by atoms with van der Waals surface area (Å²) in [5, 5.41) is 13.6. The molecule has 3 aromatic rings. The van der Waals surface area contributed by atoms with Crippen LogP contribution >= 0.6 is 11.6 Å². The molecule has 2 aromatic carbocycles. The molecule has 0 radical (unpaired) electrons. The van der Waals surface area contributed by atoms with Crippen LogP contribution in [0.2, 0.25) is 5.02 Å². The Balaban J connectivity index is 1.89. The van der Waals surface area contributed by atoms with Crippen LogP contribution in [-0.4, -0.2) is 18.2 Å². The normalized spacial score (nSPS) is 10.7. The molecule has 0 aliphatic carbocycles. The predicted octanol–water partition coefficient (Wildman–Crippen LogP) is 4.09. The van der Waals surface area contributed by atoms with E-state index in [9.17, 15) is 13.7 Å². The SMILES string of the molecule is [C-]#[N+]c1ccc(Oc2ccc(S(=O)(=O)Nc3ccn(C)n3)cc2C#N)cc1Cl. The van der Waals surface area contributed by atoms with Gasteiger partial charge in [-0.25, -0.2) is 13.3 Å². The molecule has 0 saturated heterocycles. The third-order valence-corrected chi connectivity index (χ3v) is 5.26. The number of nitrogens with zero attached hydrogens (tertiary/aromatic N) is 4. The molecule has 0 aliphatic heterocycles. The van der Waals surface area contributed by atoms with Crippen molar-refractivity contribution in [2.45, 2.75) is 4.90 Å². The number of aromatic nitrogens is 2. The summed E-state index contributed by atoms with van der Waals surface area (Å²) in [6, 6.07) is 11.8. The van der Waals surface area contributed by atoms with Gasteiger partial charge in [-0.05, 0) is 30.3 Å². The van der Waals surface area contributed by atoms with E-state index in [2.05, 4.69) is 14.7 Å². The maximum absolute atomic E-state index is 12.5. The molecular formula is C18H12ClN5O3S. The highest BCUT2D eigenvalue weighted by Crippen LogP contribution is 2.33. The summed E-state index contributed by atoms with van der Waals surface area (Å²) >= 11 is 5.98. The number of nitrogens with one attached hydrogen (secondary N) is 1. The predicted molar refractivity (Wildman–Crippen MR) is 103 cm³/mol. The van der Waals surface area contributed by atoms with Crippen LogP contribution in [0.3, 0.4) is 0 Å². The molecule has 10 heteroatoms. The number of anilines is 1. The van der Waals surface area contributed by atoms with Gasteiger partial charge in [-0.2, -0.15) is 10.4 Å². The Bertz CT molecular complexity index is 1240. The van der Waals surface area contributed by atoms with Crippen molar-refractivity contribution < 1.29 is 13.2 Å². The molecule has 1 heterocycles. The fourth-order valence-electron chi connectivity index (χ4n) is 2.29. The molecule has 0 aliphatic rings. The summed E-state index contributed by atoms with van der Waals surface area (Å²) in [5.41, 5.74) is 0.297. The molecule has 140 valence electrons. The van der Waals surface area contributed by atoms with Crippen molar-refractivity contribution in [3.05, 3.63) is 70.7 Å². The van der Waals surface area contributed by atoms with Crippen LogP contribution in [0, 0.1) is 17.9 Å². The van der Waals surface area contributed by atoms with E-state index in [0.717, 1.165) is 0 Å². The lowest BCUT2D eigenvalue weighted by Crippen LogP contribution is -2.13. The van der Waals surface area contributed by atoms with E-state index in [4.69, 9.17) is 22.9 Å². The maximum Gasteiger partial charge on any atom is 0.263 e. The van der Waals surface area contributed by atoms with Crippen molar-refractivity contribution in [1.29, 1.82) is 5.26 Å². The monoisotopic (exact) mass is 413 g/mol. The minimum absolute atomic E-state index is 0.0225. The third-order valence-electron chi connectivity index (χ3n) is 3.60. The van der Waals surface area contributed by atoms with Gasteiger partial charge in [0.25, 0.3) is 10.0 Å². The molecule has 0 unspecified atom stereocenters. The summed E-state index contributed by atoms with van der Waals surface area (Å²) in [7, 11) is -2.26. The van der Waals surface area contributed by atoms with E-state index in [-0.39, 0.29) is 32.7 Å². The summed E-state index contributed by atoms with van der Waals surface area (Å²) in [5.74, 6) is 0.637. The number of rotatable bonds is 5. The molecular weight excluding hydrogens is 402 g/mol. The minimum Gasteiger partial charge on any atom is -0.456 e. The van der Waals surface area contributed by atoms with Crippen LogP contribution in [0.5, 0.6) is 11.5 Å². The molecule has 0 saturated carbocycles. The Hall–Kier alpha value is -3.53. The molecule has 0 fully saturated rings. The first-order valence-electron chi connectivity index (χ1n) is 7.74. The zero-order valence-electron chi connectivity index (χ0n) is 14.4. The number of hydrogen-bond donors (Lipinski definition) is 1. The van der Waals surface area contributed by atoms with E-state index in [1.54, 1.807) is 13.2 Å². The topological polar surface area (TPSA) is 101 Å². The van der Waals surface area contributed by atoms with Gasteiger partial charge in [-0.15, -0.1) is 0 Å². The summed E-state index contributed by atoms with van der Waals surface area (Å²) in [6.45, 7) is 6.99. The Morgan fingerprint density at radius 3 is 2.68 bits per heavy atom. The quantitative estimate of drug-likeness (QED) is 0.635. The van der Waals surface area contributed by atoms with Gasteiger partial charge in [0, 0.05) is 19.3 Å². The zero-order valence-corrected chi connectivity index (χ0v) is 16.0. The van der Waals surface area contributed by atoms with Crippen LogP contribution in [-0.2, 0) is 17.1 Å². The second kappa shape index (κ2) is 7.61. The molecule has 1 aromatic heterocycles. The average Bonchev–Trinajstić information content (AvgIpc) is 3.06. The van der Waals surface area contributed by atoms with Crippen molar-refractivity contribution in [3.8, 4) is 17.6 Å². The van der Waals surface area contributed by atoms with Gasteiger partial charge in [0.1, 0.15) is 17.6 Å². The lowest BCUT2D eigenvalue weighted by molar-refractivity contribution is 0.480. The highest BCUT2D eigenvalue weighted by molar-refractivity contribution is 7.92. The summed E-state index contributed by atoms with van der Waals surface area (Å²) in [4.78, 5) is 3.15. The van der Waals surface area contributed by atoms with Crippen LogP contribution in [0.4, 0.5) is 11.5 Å². The Morgan fingerprint density at radius 2 is 2.07 bits per heavy atom. The molecule has 0 spiro atoms. The fraction of sp³-hybridized carbons (Fsp3) is 0.0556. The fourth-order valence-corrected chi connectivity index (χ4v) is 3.52. The van der Waals surface area contributed by atoms with Crippen LogP contribution < -0.4 is 9.46 Å². The van der Waals surface area contributed by atoms with Gasteiger partial charge in [0.05, 0.1) is 22.1 Å². The van der Waals surface area contributed by atoms with E-state index < -0.39 is 10.0 Å². The minimum atomic E-state index is -3.92. The van der Waals surface area contributed by atoms with E-state index in [0.29, 0.717) is 5.75 Å². The van der Waals surface area contributed by atoms with E-state index >= 15 is 0 Å². The summed E-state index contributed by atoms with van der Waals surface area (Å²) in [6.07, 6.45) is 1.60. The molecule has 0 bridgehead atoms. The number of halogens is 1. The van der Waals surface area contributed by atoms with Crippen LogP contribution in [0.1, 0.15) is 5.56 Å². The van der Waals surface area contributed by atoms with Gasteiger partial charge in [-0.3, -0.25) is 9.40 Å². The maximum atomic E-state index is 12.5. The largest absolute Gasteiger partial charge is 0.456 e. The van der Waals surface area contributed by atoms with E-state index in [1.165, 1.54) is 47.1 Å². The van der Waals surface area contributed by atoms with E-state index in [1.807, 2.05) is 6.07 Å². The number of ether oxygens (including phenoxy) is 1. The number of sulfonamides is 1. The highest BCUT2D eigenvalue weighted by Gasteiger charge is 2.18. The van der Waals surface area contributed by atoms with Crippen molar-refractivity contribution in [2.24, 2.45) is 7.05 Å². The lowest BCUT2D eigenvalue weighted by atomic mass is 10.2. The van der Waals surface area contributed by atoms with Crippen LogP contribution in [0.15, 0.2) is 53.6 Å². The van der Waals surface area contributed by atoms with Crippen LogP contribution in [0.25, 0.3) is 4.85 Å². The first-order chi connectivity index (χ1) is 13.3. The summed E-state index contributed by atoms with van der Waals surface area (Å²) < 4.78 is 34.4. The lowest BCUT2D eigenvalue weighted by Gasteiger charge is -2.10. The Labute approximate surface area is 166 Å². The Morgan fingerprint density at radius 1 is 1.29 bits per heavy atom. The van der Waals surface area contributed by atoms with Crippen molar-refractivity contribution >= 4 is 33.1 Å². The molecule has 0 amide bonds. The van der Waals surface area contributed by atoms with Gasteiger partial charge in [0.2, 0.25) is 5.69 Å². The standard InChI is InChI=1S/C18H12ClN5O3S/c1-21-16-5-3-13(10-15(16)19)27-17-6-4-14(9-12(17)11-20)28(25,26)23-18-7-8-24(2)22-18/h3-10H,2H3,(H,22,23). The third kappa shape index (κ3) is 4.07. The number of benzene rings is 2.